The lowest BCUT2D eigenvalue weighted by molar-refractivity contribution is -0.144. The number of methoxy groups -OCH3 is 2. The SMILES string of the molecule is COc1ccc(S[C@]2(C(=O)N3CCN(c4ncccn4)CC3)CC(=O)N(C(=O)CCc3ccccc3)[C@@H]2c2ccc(OC)cc2)cc1. The maximum Gasteiger partial charge on any atom is 0.242 e. The van der Waals surface area contributed by atoms with Crippen molar-refractivity contribution in [1.29, 1.82) is 0 Å². The van der Waals surface area contributed by atoms with Crippen molar-refractivity contribution in [3.63, 3.8) is 0 Å². The van der Waals surface area contributed by atoms with Gasteiger partial charge in [0, 0.05) is 49.9 Å². The fourth-order valence-electron chi connectivity index (χ4n) is 6.28. The first-order valence-corrected chi connectivity index (χ1v) is 16.4. The number of amides is 3. The van der Waals surface area contributed by atoms with Crippen LogP contribution in [0.3, 0.4) is 0 Å². The van der Waals surface area contributed by atoms with Crippen LogP contribution >= 0.6 is 11.8 Å². The minimum absolute atomic E-state index is 0.127. The number of aryl methyl sites for hydroxylation is 1. The number of rotatable bonds is 10. The first-order valence-electron chi connectivity index (χ1n) is 15.6. The lowest BCUT2D eigenvalue weighted by Gasteiger charge is -2.42. The summed E-state index contributed by atoms with van der Waals surface area (Å²) in [6.45, 7) is 1.93. The quantitative estimate of drug-likeness (QED) is 0.239. The molecule has 2 aliphatic heterocycles. The molecular formula is C36H37N5O5S. The standard InChI is InChI=1S/C36H37N5O5S/c1-45-28-12-10-27(11-13-28)33-36(47-30-16-14-29(46-2)15-17-30,25-32(43)41(33)31(42)18-9-26-7-4-3-5-8-26)34(44)39-21-23-40(24-22-39)35-37-19-6-20-38-35/h3-8,10-17,19-20,33H,9,18,21-25H2,1-2H3/t33-,36-/m1/s1. The number of ether oxygens (including phenoxy) is 2. The Labute approximate surface area is 278 Å². The third-order valence-electron chi connectivity index (χ3n) is 8.68. The highest BCUT2D eigenvalue weighted by Crippen LogP contribution is 2.54. The molecule has 2 fully saturated rings. The van der Waals surface area contributed by atoms with Crippen LogP contribution in [0.5, 0.6) is 11.5 Å². The van der Waals surface area contributed by atoms with Gasteiger partial charge in [-0.2, -0.15) is 0 Å². The van der Waals surface area contributed by atoms with Crippen LogP contribution in [0.4, 0.5) is 5.95 Å². The van der Waals surface area contributed by atoms with Gasteiger partial charge in [-0.25, -0.2) is 9.97 Å². The van der Waals surface area contributed by atoms with Crippen molar-refractivity contribution in [1.82, 2.24) is 19.8 Å². The molecular weight excluding hydrogens is 614 g/mol. The van der Waals surface area contributed by atoms with Gasteiger partial charge < -0.3 is 19.3 Å². The normalized spacial score (nSPS) is 19.5. The predicted molar refractivity (Wildman–Crippen MR) is 179 cm³/mol. The highest BCUT2D eigenvalue weighted by molar-refractivity contribution is 8.01. The average Bonchev–Trinajstić information content (AvgIpc) is 3.43. The molecule has 0 aliphatic carbocycles. The predicted octanol–water partition coefficient (Wildman–Crippen LogP) is 4.81. The number of thioether (sulfide) groups is 1. The molecule has 0 unspecified atom stereocenters. The van der Waals surface area contributed by atoms with Crippen molar-refractivity contribution in [3.8, 4) is 11.5 Å². The highest BCUT2D eigenvalue weighted by Gasteiger charge is 2.60. The third kappa shape index (κ3) is 6.80. The van der Waals surface area contributed by atoms with Crippen LogP contribution in [0.25, 0.3) is 0 Å². The zero-order valence-electron chi connectivity index (χ0n) is 26.5. The molecule has 4 aromatic rings. The maximum atomic E-state index is 15.0. The van der Waals surface area contributed by atoms with E-state index >= 15 is 4.79 Å². The van der Waals surface area contributed by atoms with Crippen molar-refractivity contribution in [2.75, 3.05) is 45.3 Å². The van der Waals surface area contributed by atoms with E-state index in [1.807, 2.05) is 76.5 Å². The van der Waals surface area contributed by atoms with Gasteiger partial charge >= 0.3 is 0 Å². The molecule has 10 nitrogen and oxygen atoms in total. The van der Waals surface area contributed by atoms with Gasteiger partial charge in [0.1, 0.15) is 16.2 Å². The Morgan fingerprint density at radius 2 is 1.45 bits per heavy atom. The third-order valence-corrected chi connectivity index (χ3v) is 10.1. The molecule has 3 amide bonds. The maximum absolute atomic E-state index is 15.0. The lowest BCUT2D eigenvalue weighted by Crippen LogP contribution is -2.56. The molecule has 3 aromatic carbocycles. The molecule has 242 valence electrons. The number of carbonyl (C=O) groups is 3. The number of hydrogen-bond donors (Lipinski definition) is 0. The van der Waals surface area contributed by atoms with Gasteiger partial charge in [-0.15, -0.1) is 11.8 Å². The summed E-state index contributed by atoms with van der Waals surface area (Å²) < 4.78 is 9.47. The van der Waals surface area contributed by atoms with Crippen LogP contribution in [0, 0.1) is 0 Å². The van der Waals surface area contributed by atoms with Gasteiger partial charge in [0.05, 0.1) is 26.7 Å². The highest BCUT2D eigenvalue weighted by atomic mass is 32.2. The number of aromatic nitrogens is 2. The van der Waals surface area contributed by atoms with E-state index in [0.29, 0.717) is 55.6 Å². The topological polar surface area (TPSA) is 105 Å². The molecule has 0 N–H and O–H groups in total. The minimum atomic E-state index is -1.33. The van der Waals surface area contributed by atoms with Crippen LogP contribution < -0.4 is 14.4 Å². The Morgan fingerprint density at radius 3 is 2.06 bits per heavy atom. The zero-order chi connectivity index (χ0) is 32.8. The molecule has 1 aromatic heterocycles. The van der Waals surface area contributed by atoms with Gasteiger partial charge in [-0.3, -0.25) is 19.3 Å². The second-order valence-corrected chi connectivity index (χ2v) is 12.9. The van der Waals surface area contributed by atoms with Crippen molar-refractivity contribution < 1.29 is 23.9 Å². The molecule has 0 bridgehead atoms. The fourth-order valence-corrected chi connectivity index (χ4v) is 7.73. The Kier molecular flexibility index (Phi) is 9.72. The van der Waals surface area contributed by atoms with Gasteiger partial charge in [0.15, 0.2) is 0 Å². The Balaban J connectivity index is 1.38. The van der Waals surface area contributed by atoms with Crippen molar-refractivity contribution in [3.05, 3.63) is 108 Å². The Hall–Kier alpha value is -4.90. The van der Waals surface area contributed by atoms with E-state index in [4.69, 9.17) is 9.47 Å². The first kappa shape index (κ1) is 32.1. The smallest absolute Gasteiger partial charge is 0.242 e. The van der Waals surface area contributed by atoms with E-state index in [-0.39, 0.29) is 30.6 Å². The monoisotopic (exact) mass is 651 g/mol. The number of benzene rings is 3. The van der Waals surface area contributed by atoms with E-state index in [9.17, 15) is 9.59 Å². The largest absolute Gasteiger partial charge is 0.497 e. The Bertz CT molecular complexity index is 1680. The first-order chi connectivity index (χ1) is 22.9. The molecule has 0 saturated carbocycles. The zero-order valence-corrected chi connectivity index (χ0v) is 27.3. The van der Waals surface area contributed by atoms with Crippen LogP contribution in [-0.2, 0) is 20.8 Å². The molecule has 47 heavy (non-hydrogen) atoms. The summed E-state index contributed by atoms with van der Waals surface area (Å²) in [5.74, 6) is 1.08. The summed E-state index contributed by atoms with van der Waals surface area (Å²) in [4.78, 5) is 57.9. The molecule has 2 atom stereocenters. The van der Waals surface area contributed by atoms with E-state index < -0.39 is 10.8 Å². The average molecular weight is 652 g/mol. The van der Waals surface area contributed by atoms with Crippen molar-refractivity contribution in [2.45, 2.75) is 34.9 Å². The minimum Gasteiger partial charge on any atom is -0.497 e. The van der Waals surface area contributed by atoms with Crippen molar-refractivity contribution >= 4 is 35.4 Å². The summed E-state index contributed by atoms with van der Waals surface area (Å²) in [7, 11) is 3.18. The summed E-state index contributed by atoms with van der Waals surface area (Å²) >= 11 is 1.34. The second kappa shape index (κ2) is 14.3. The summed E-state index contributed by atoms with van der Waals surface area (Å²) in [5, 5.41) is 0. The number of likely N-dealkylation sites (tertiary alicyclic amines) is 1. The van der Waals surface area contributed by atoms with Crippen LogP contribution in [0.1, 0.15) is 30.0 Å². The number of carbonyl (C=O) groups excluding carboxylic acids is 3. The van der Waals surface area contributed by atoms with E-state index in [2.05, 4.69) is 9.97 Å². The van der Waals surface area contributed by atoms with Crippen LogP contribution in [0.2, 0.25) is 0 Å². The second-order valence-electron chi connectivity index (χ2n) is 11.5. The van der Waals surface area contributed by atoms with E-state index in [0.717, 1.165) is 10.5 Å². The van der Waals surface area contributed by atoms with Crippen LogP contribution in [0.15, 0.2) is 102 Å². The molecule has 0 spiro atoms. The molecule has 3 heterocycles. The molecule has 2 saturated heterocycles. The number of piperazine rings is 1. The van der Waals surface area contributed by atoms with Gasteiger partial charge in [-0.1, -0.05) is 42.5 Å². The number of anilines is 1. The van der Waals surface area contributed by atoms with E-state index in [1.54, 1.807) is 44.8 Å². The van der Waals surface area contributed by atoms with Gasteiger partial charge in [0.25, 0.3) is 0 Å². The molecule has 2 aliphatic rings. The molecule has 6 rings (SSSR count). The number of hydrogen-bond acceptors (Lipinski definition) is 9. The Morgan fingerprint density at radius 1 is 0.830 bits per heavy atom. The summed E-state index contributed by atoms with van der Waals surface area (Å²) in [6, 6.07) is 25.4. The van der Waals surface area contributed by atoms with Crippen molar-refractivity contribution in [2.24, 2.45) is 0 Å². The van der Waals surface area contributed by atoms with Gasteiger partial charge in [0.2, 0.25) is 23.7 Å². The lowest BCUT2D eigenvalue weighted by atomic mass is 9.90. The number of imide groups is 1. The fraction of sp³-hybridized carbons (Fsp3) is 0.306. The number of nitrogens with zero attached hydrogens (tertiary/aromatic N) is 5. The molecule has 11 heteroatoms. The van der Waals surface area contributed by atoms with Gasteiger partial charge in [-0.05, 0) is 60.0 Å². The summed E-state index contributed by atoms with van der Waals surface area (Å²) in [5.41, 5.74) is 1.69. The van der Waals surface area contributed by atoms with Crippen LogP contribution in [-0.4, -0.2) is 82.6 Å². The molecule has 0 radical (unpaired) electrons. The summed E-state index contributed by atoms with van der Waals surface area (Å²) in [6.07, 6.45) is 3.89. The van der Waals surface area contributed by atoms with E-state index in [1.165, 1.54) is 16.7 Å².